The van der Waals surface area contributed by atoms with E-state index in [2.05, 4.69) is 64.1 Å². The van der Waals surface area contributed by atoms with E-state index in [1.165, 1.54) is 31.3 Å². The summed E-state index contributed by atoms with van der Waals surface area (Å²) in [7, 11) is 0. The van der Waals surface area contributed by atoms with Crippen LogP contribution in [0, 0.1) is 56.7 Å². The van der Waals surface area contributed by atoms with Gasteiger partial charge in [0.05, 0.1) is 18.1 Å². The van der Waals surface area contributed by atoms with Crippen LogP contribution in [0.2, 0.25) is 0 Å². The molecule has 8 nitrogen and oxygen atoms in total. The summed E-state index contributed by atoms with van der Waals surface area (Å²) in [5, 5.41) is 19.9. The maximum Gasteiger partial charge on any atom is 0.408 e. The normalized spacial score (nSPS) is 38.2. The number of amides is 3. The number of unbranched alkanes of at least 4 members (excludes halogenated alkanes) is 6. The van der Waals surface area contributed by atoms with Crippen molar-refractivity contribution in [3.8, 4) is 0 Å². The summed E-state index contributed by atoms with van der Waals surface area (Å²) in [6.45, 7) is 26.0. The number of hydrogen-bond acceptors (Lipinski definition) is 5. The smallest absolute Gasteiger partial charge is 0.408 e. The first-order chi connectivity index (χ1) is 25.2. The number of aliphatic hydroxyl groups excluding tert-OH is 1. The summed E-state index contributed by atoms with van der Waals surface area (Å²) >= 11 is 0. The van der Waals surface area contributed by atoms with Gasteiger partial charge in [-0.2, -0.15) is 0 Å². The van der Waals surface area contributed by atoms with Crippen LogP contribution in [-0.4, -0.2) is 54.4 Å². The monoisotopic (exact) mass is 754 g/mol. The molecule has 0 unspecified atom stereocenters. The molecule has 3 amide bonds. The molecule has 0 radical (unpaired) electrons. The van der Waals surface area contributed by atoms with Gasteiger partial charge < -0.3 is 25.8 Å². The topological polar surface area (TPSA) is 117 Å². The lowest BCUT2D eigenvalue weighted by Crippen LogP contribution is -2.67. The highest BCUT2D eigenvalue weighted by molar-refractivity contribution is 5.84. The molecule has 0 aromatic carbocycles. The molecule has 5 rings (SSSR count). The fraction of sp³-hybridized carbons (Fsp3) is 0.891. The van der Waals surface area contributed by atoms with Gasteiger partial charge in [-0.1, -0.05) is 78.9 Å². The van der Waals surface area contributed by atoms with E-state index in [9.17, 15) is 19.5 Å². The van der Waals surface area contributed by atoms with E-state index in [4.69, 9.17) is 4.74 Å². The zero-order chi connectivity index (χ0) is 39.7. The van der Waals surface area contributed by atoms with Crippen molar-refractivity contribution in [2.75, 3.05) is 19.6 Å². The lowest BCUT2D eigenvalue weighted by Gasteiger charge is -2.72. The molecular formula is C46H79N3O5. The molecule has 10 atom stereocenters. The summed E-state index contributed by atoms with van der Waals surface area (Å²) in [5.41, 5.74) is 1.12. The summed E-state index contributed by atoms with van der Waals surface area (Å²) in [6.07, 6.45) is 18.1. The van der Waals surface area contributed by atoms with Gasteiger partial charge in [0.25, 0.3) is 0 Å². The highest BCUT2D eigenvalue weighted by Crippen LogP contribution is 2.77. The van der Waals surface area contributed by atoms with E-state index < -0.39 is 11.7 Å². The molecule has 0 aromatic heterocycles. The predicted molar refractivity (Wildman–Crippen MR) is 218 cm³/mol. The molecule has 0 spiro atoms. The van der Waals surface area contributed by atoms with Crippen molar-refractivity contribution in [3.63, 3.8) is 0 Å². The van der Waals surface area contributed by atoms with Crippen LogP contribution in [0.3, 0.4) is 0 Å². The van der Waals surface area contributed by atoms with Crippen molar-refractivity contribution in [2.45, 2.75) is 183 Å². The molecule has 0 heterocycles. The van der Waals surface area contributed by atoms with Crippen LogP contribution in [0.15, 0.2) is 12.2 Å². The Hall–Kier alpha value is -2.09. The molecule has 0 aromatic rings. The van der Waals surface area contributed by atoms with E-state index in [1.807, 2.05) is 0 Å². The third-order valence-corrected chi connectivity index (χ3v) is 16.8. The molecule has 0 saturated heterocycles. The standard InChI is InChI=1S/C46H79N3O5/c1-31(2)32-20-25-46(39(52)48-29-17-15-13-11-12-14-16-28-47-37(51)30-49-40(53)54-41(3,4)5)27-26-44(9)33(38(32)46)18-19-35-43(8)23-22-36(50)42(6,7)34(43)21-24-45(35,44)10/h32-36,38,50H,1,11-30H2,2-10H3,(H,47,51)(H,48,52)(H,49,53)/t32-,33+,34-,35+,36-,38+,43-,44+,45+,46-/m0/s1. The van der Waals surface area contributed by atoms with Crippen LogP contribution >= 0.6 is 0 Å². The molecule has 4 N–H and O–H groups in total. The number of nitrogens with one attached hydrogen (secondary N) is 3. The van der Waals surface area contributed by atoms with E-state index in [0.29, 0.717) is 42.0 Å². The van der Waals surface area contributed by atoms with Crippen LogP contribution in [0.25, 0.3) is 0 Å². The molecule has 5 fully saturated rings. The van der Waals surface area contributed by atoms with Crippen molar-refractivity contribution in [1.82, 2.24) is 16.0 Å². The van der Waals surface area contributed by atoms with Gasteiger partial charge in [-0.15, -0.1) is 0 Å². The summed E-state index contributed by atoms with van der Waals surface area (Å²) in [5.74, 6) is 2.72. The quantitative estimate of drug-likeness (QED) is 0.104. The Morgan fingerprint density at radius 1 is 0.722 bits per heavy atom. The van der Waals surface area contributed by atoms with Gasteiger partial charge >= 0.3 is 6.09 Å². The minimum atomic E-state index is -0.586. The number of alkyl carbamates (subject to hydrolysis) is 1. The van der Waals surface area contributed by atoms with E-state index in [-0.39, 0.29) is 45.6 Å². The minimum Gasteiger partial charge on any atom is -0.444 e. The number of rotatable bonds is 14. The predicted octanol–water partition coefficient (Wildman–Crippen LogP) is 9.49. The minimum absolute atomic E-state index is 0.0334. The molecule has 8 heteroatoms. The fourth-order valence-corrected chi connectivity index (χ4v) is 13.8. The second kappa shape index (κ2) is 16.4. The zero-order valence-electron chi connectivity index (χ0n) is 35.9. The number of hydrogen-bond donors (Lipinski definition) is 4. The first kappa shape index (κ1) is 43.0. The van der Waals surface area contributed by atoms with Crippen molar-refractivity contribution in [2.24, 2.45) is 56.7 Å². The van der Waals surface area contributed by atoms with Gasteiger partial charge in [-0.3, -0.25) is 9.59 Å². The lowest BCUT2D eigenvalue weighted by molar-refractivity contribution is -0.246. The van der Waals surface area contributed by atoms with Gasteiger partial charge in [-0.25, -0.2) is 4.79 Å². The van der Waals surface area contributed by atoms with E-state index in [1.54, 1.807) is 20.8 Å². The Morgan fingerprint density at radius 2 is 1.35 bits per heavy atom. The molecule has 5 aliphatic carbocycles. The molecule has 5 aliphatic rings. The number of allylic oxidation sites excluding steroid dienone is 1. The maximum atomic E-state index is 14.4. The lowest BCUT2D eigenvalue weighted by atomic mass is 9.32. The SMILES string of the molecule is C=C(C)[C@@H]1CC[C@]2(C(=O)NCCCCCCCCCNC(=O)CNC(=O)OC(C)(C)C)CC[C@]3(C)[C@H](CC[C@@H]4[C@@]5(C)CC[C@H](O)C(C)(C)[C@@H]5CC[C@]43C)[C@@H]12. The van der Waals surface area contributed by atoms with Crippen molar-refractivity contribution in [3.05, 3.63) is 12.2 Å². The first-order valence-corrected chi connectivity index (χ1v) is 22.1. The summed E-state index contributed by atoms with van der Waals surface area (Å²) in [6, 6.07) is 0. The second-order valence-electron chi connectivity index (χ2n) is 21.2. The number of carbonyl (C=O) groups excluding carboxylic acids is 3. The zero-order valence-corrected chi connectivity index (χ0v) is 35.9. The van der Waals surface area contributed by atoms with Crippen molar-refractivity contribution in [1.29, 1.82) is 0 Å². The number of ether oxygens (including phenoxy) is 1. The van der Waals surface area contributed by atoms with Crippen molar-refractivity contribution >= 4 is 17.9 Å². The third-order valence-electron chi connectivity index (χ3n) is 16.8. The Labute approximate surface area is 328 Å². The molecule has 5 saturated carbocycles. The average Bonchev–Trinajstić information content (AvgIpc) is 3.49. The van der Waals surface area contributed by atoms with Gasteiger partial charge in [-0.05, 0) is 156 Å². The van der Waals surface area contributed by atoms with Crippen LogP contribution in [0.1, 0.15) is 171 Å². The Balaban J connectivity index is 1.08. The Kier molecular flexibility index (Phi) is 13.1. The summed E-state index contributed by atoms with van der Waals surface area (Å²) in [4.78, 5) is 38.2. The Morgan fingerprint density at radius 3 is 1.98 bits per heavy atom. The van der Waals surface area contributed by atoms with Gasteiger partial charge in [0, 0.05) is 13.1 Å². The van der Waals surface area contributed by atoms with Gasteiger partial charge in [0.15, 0.2) is 0 Å². The number of aliphatic hydroxyl groups is 1. The molecular weight excluding hydrogens is 675 g/mol. The Bertz CT molecular complexity index is 1370. The van der Waals surface area contributed by atoms with Crippen molar-refractivity contribution < 1.29 is 24.2 Å². The van der Waals surface area contributed by atoms with Gasteiger partial charge in [0.1, 0.15) is 5.60 Å². The second-order valence-corrected chi connectivity index (χ2v) is 21.2. The molecule has 0 aliphatic heterocycles. The molecule has 308 valence electrons. The maximum absolute atomic E-state index is 14.4. The number of fused-ring (bicyclic) bond motifs is 7. The fourth-order valence-electron chi connectivity index (χ4n) is 13.8. The number of carbonyl (C=O) groups is 3. The van der Waals surface area contributed by atoms with E-state index in [0.717, 1.165) is 90.0 Å². The highest BCUT2D eigenvalue weighted by atomic mass is 16.6. The summed E-state index contributed by atoms with van der Waals surface area (Å²) < 4.78 is 5.16. The van der Waals surface area contributed by atoms with Crippen LogP contribution in [0.4, 0.5) is 4.79 Å². The molecule has 0 bridgehead atoms. The largest absolute Gasteiger partial charge is 0.444 e. The van der Waals surface area contributed by atoms with Gasteiger partial charge in [0.2, 0.25) is 11.8 Å². The van der Waals surface area contributed by atoms with Crippen LogP contribution < -0.4 is 16.0 Å². The molecule has 54 heavy (non-hydrogen) atoms. The first-order valence-electron chi connectivity index (χ1n) is 22.1. The highest BCUT2D eigenvalue weighted by Gasteiger charge is 2.71. The average molecular weight is 754 g/mol. The third kappa shape index (κ3) is 8.17. The van der Waals surface area contributed by atoms with Crippen LogP contribution in [-0.2, 0) is 14.3 Å². The van der Waals surface area contributed by atoms with Crippen LogP contribution in [0.5, 0.6) is 0 Å². The van der Waals surface area contributed by atoms with E-state index >= 15 is 0 Å².